The van der Waals surface area contributed by atoms with Gasteiger partial charge in [-0.05, 0) is 31.5 Å². The van der Waals surface area contributed by atoms with E-state index in [4.69, 9.17) is 11.6 Å². The van der Waals surface area contributed by atoms with Crippen LogP contribution in [0.4, 0.5) is 0 Å². The van der Waals surface area contributed by atoms with E-state index in [1.54, 1.807) is 11.8 Å². The molecule has 1 atom stereocenters. The van der Waals surface area contributed by atoms with E-state index in [0.29, 0.717) is 10.4 Å². The van der Waals surface area contributed by atoms with E-state index in [2.05, 4.69) is 15.3 Å². The van der Waals surface area contributed by atoms with Crippen LogP contribution in [-0.2, 0) is 0 Å². The summed E-state index contributed by atoms with van der Waals surface area (Å²) in [5.41, 5.74) is 1.77. The van der Waals surface area contributed by atoms with Crippen LogP contribution >= 0.6 is 23.4 Å². The lowest BCUT2D eigenvalue weighted by Gasteiger charge is -2.21. The molecule has 1 saturated heterocycles. The number of rotatable bonds is 2. The lowest BCUT2D eigenvalue weighted by molar-refractivity contribution is 0.531. The number of hydrogen-bond acceptors (Lipinski definition) is 4. The Morgan fingerprint density at radius 3 is 2.72 bits per heavy atom. The second-order valence-corrected chi connectivity index (χ2v) is 6.04. The van der Waals surface area contributed by atoms with Gasteiger partial charge in [0.1, 0.15) is 5.03 Å². The van der Waals surface area contributed by atoms with Crippen LogP contribution in [0.1, 0.15) is 12.8 Å². The van der Waals surface area contributed by atoms with Crippen LogP contribution in [0.15, 0.2) is 29.3 Å². The first-order chi connectivity index (χ1) is 8.83. The predicted octanol–water partition coefficient (Wildman–Crippen LogP) is 3.13. The Balaban J connectivity index is 1.88. The Kier molecular flexibility index (Phi) is 3.68. The highest BCUT2D eigenvalue weighted by molar-refractivity contribution is 8.00. The molecule has 1 aliphatic rings. The Morgan fingerprint density at radius 2 is 2.00 bits per heavy atom. The summed E-state index contributed by atoms with van der Waals surface area (Å²) >= 11 is 7.95. The van der Waals surface area contributed by atoms with Crippen LogP contribution in [0.5, 0.6) is 0 Å². The molecule has 1 unspecified atom stereocenters. The van der Waals surface area contributed by atoms with Crippen molar-refractivity contribution in [3.63, 3.8) is 0 Å². The summed E-state index contributed by atoms with van der Waals surface area (Å²) in [4.78, 5) is 9.01. The van der Waals surface area contributed by atoms with Crippen molar-refractivity contribution < 1.29 is 0 Å². The third kappa shape index (κ3) is 2.60. The maximum absolute atomic E-state index is 6.21. The SMILES string of the molecule is Clc1nc2ccccc2nc1SC1CCCNC1. The molecule has 0 radical (unpaired) electrons. The van der Waals surface area contributed by atoms with E-state index >= 15 is 0 Å². The summed E-state index contributed by atoms with van der Waals surface area (Å²) in [7, 11) is 0. The van der Waals surface area contributed by atoms with Crippen LogP contribution in [0.25, 0.3) is 11.0 Å². The molecule has 1 N–H and O–H groups in total. The van der Waals surface area contributed by atoms with Crippen molar-refractivity contribution in [3.05, 3.63) is 29.4 Å². The number of benzene rings is 1. The number of fused-ring (bicyclic) bond motifs is 1. The van der Waals surface area contributed by atoms with E-state index in [-0.39, 0.29) is 0 Å². The molecular weight excluding hydrogens is 266 g/mol. The fourth-order valence-electron chi connectivity index (χ4n) is 2.12. The van der Waals surface area contributed by atoms with Crippen molar-refractivity contribution in [3.8, 4) is 0 Å². The van der Waals surface area contributed by atoms with Crippen LogP contribution in [0.3, 0.4) is 0 Å². The Morgan fingerprint density at radius 1 is 1.22 bits per heavy atom. The number of piperidine rings is 1. The van der Waals surface area contributed by atoms with Gasteiger partial charge in [0.2, 0.25) is 0 Å². The first kappa shape index (κ1) is 12.2. The minimum atomic E-state index is 0.518. The molecule has 1 aliphatic heterocycles. The first-order valence-corrected chi connectivity index (χ1v) is 7.38. The van der Waals surface area contributed by atoms with Crippen LogP contribution < -0.4 is 5.32 Å². The second-order valence-electron chi connectivity index (χ2n) is 4.39. The molecule has 1 aromatic heterocycles. The van der Waals surface area contributed by atoms with Crippen molar-refractivity contribution in [2.24, 2.45) is 0 Å². The van der Waals surface area contributed by atoms with E-state index in [9.17, 15) is 0 Å². The van der Waals surface area contributed by atoms with Crippen molar-refractivity contribution in [2.45, 2.75) is 23.1 Å². The largest absolute Gasteiger partial charge is 0.316 e. The van der Waals surface area contributed by atoms with Gasteiger partial charge in [0, 0.05) is 11.8 Å². The average molecular weight is 280 g/mol. The number of thioether (sulfide) groups is 1. The lowest BCUT2D eigenvalue weighted by Crippen LogP contribution is -2.31. The highest BCUT2D eigenvalue weighted by Gasteiger charge is 2.17. The summed E-state index contributed by atoms with van der Waals surface area (Å²) in [5, 5.41) is 5.32. The molecule has 94 valence electrons. The fraction of sp³-hybridized carbons (Fsp3) is 0.385. The zero-order valence-corrected chi connectivity index (χ0v) is 11.5. The third-order valence-electron chi connectivity index (χ3n) is 3.03. The molecule has 2 heterocycles. The third-order valence-corrected chi connectivity index (χ3v) is 4.65. The van der Waals surface area contributed by atoms with Gasteiger partial charge in [0.15, 0.2) is 5.15 Å². The number of para-hydroxylation sites is 2. The van der Waals surface area contributed by atoms with Gasteiger partial charge in [-0.3, -0.25) is 0 Å². The van der Waals surface area contributed by atoms with Gasteiger partial charge in [-0.25, -0.2) is 9.97 Å². The van der Waals surface area contributed by atoms with Gasteiger partial charge >= 0.3 is 0 Å². The van der Waals surface area contributed by atoms with Crippen molar-refractivity contribution in [1.82, 2.24) is 15.3 Å². The standard InChI is InChI=1S/C13H14ClN3S/c14-12-13(18-9-4-3-7-15-8-9)17-11-6-2-1-5-10(11)16-12/h1-2,5-6,9,15H,3-4,7-8H2. The molecule has 5 heteroatoms. The number of halogens is 1. The molecule has 0 amide bonds. The molecule has 0 aliphatic carbocycles. The van der Waals surface area contributed by atoms with Crippen molar-refractivity contribution >= 4 is 34.4 Å². The Hall–Kier alpha value is -0.840. The molecule has 3 rings (SSSR count). The minimum Gasteiger partial charge on any atom is -0.316 e. The van der Waals surface area contributed by atoms with Crippen LogP contribution in [0, 0.1) is 0 Å². The molecule has 0 spiro atoms. The highest BCUT2D eigenvalue weighted by Crippen LogP contribution is 2.31. The molecule has 1 aromatic carbocycles. The number of nitrogens with zero attached hydrogens (tertiary/aromatic N) is 2. The molecular formula is C13H14ClN3S. The van der Waals surface area contributed by atoms with E-state index in [0.717, 1.165) is 29.1 Å². The summed E-state index contributed by atoms with van der Waals surface area (Å²) in [6.07, 6.45) is 2.43. The molecule has 1 fully saturated rings. The summed E-state index contributed by atoms with van der Waals surface area (Å²) in [6, 6.07) is 7.83. The van der Waals surface area contributed by atoms with Gasteiger partial charge in [0.25, 0.3) is 0 Å². The lowest BCUT2D eigenvalue weighted by atomic mass is 10.2. The Bertz CT molecular complexity index is 555. The van der Waals surface area contributed by atoms with Gasteiger partial charge in [-0.1, -0.05) is 35.5 Å². The summed E-state index contributed by atoms with van der Waals surface area (Å²) in [6.45, 7) is 2.14. The van der Waals surface area contributed by atoms with Gasteiger partial charge < -0.3 is 5.32 Å². The highest BCUT2D eigenvalue weighted by atomic mass is 35.5. The normalized spacial score (nSPS) is 20.2. The topological polar surface area (TPSA) is 37.8 Å². The predicted molar refractivity (Wildman–Crippen MR) is 76.3 cm³/mol. The molecule has 18 heavy (non-hydrogen) atoms. The van der Waals surface area contributed by atoms with E-state index in [1.165, 1.54) is 12.8 Å². The summed E-state index contributed by atoms with van der Waals surface area (Å²) < 4.78 is 0. The van der Waals surface area contributed by atoms with E-state index < -0.39 is 0 Å². The molecule has 2 aromatic rings. The average Bonchev–Trinajstić information content (AvgIpc) is 2.41. The maximum Gasteiger partial charge on any atom is 0.161 e. The second kappa shape index (κ2) is 5.43. The van der Waals surface area contributed by atoms with Gasteiger partial charge in [-0.15, -0.1) is 0 Å². The van der Waals surface area contributed by atoms with Gasteiger partial charge in [-0.2, -0.15) is 0 Å². The minimum absolute atomic E-state index is 0.518. The number of hydrogen-bond donors (Lipinski definition) is 1. The maximum atomic E-state index is 6.21. The van der Waals surface area contributed by atoms with Crippen LogP contribution in [0.2, 0.25) is 5.15 Å². The monoisotopic (exact) mass is 279 g/mol. The van der Waals surface area contributed by atoms with Crippen molar-refractivity contribution in [1.29, 1.82) is 0 Å². The number of nitrogens with one attached hydrogen (secondary N) is 1. The fourth-order valence-corrected chi connectivity index (χ4v) is 3.48. The first-order valence-electron chi connectivity index (χ1n) is 6.12. The molecule has 0 saturated carbocycles. The zero-order valence-electron chi connectivity index (χ0n) is 9.90. The number of aromatic nitrogens is 2. The smallest absolute Gasteiger partial charge is 0.161 e. The summed E-state index contributed by atoms with van der Waals surface area (Å²) in [5.74, 6) is 0. The van der Waals surface area contributed by atoms with Crippen molar-refractivity contribution in [2.75, 3.05) is 13.1 Å². The van der Waals surface area contributed by atoms with Crippen LogP contribution in [-0.4, -0.2) is 28.3 Å². The van der Waals surface area contributed by atoms with Gasteiger partial charge in [0.05, 0.1) is 11.0 Å². The quantitative estimate of drug-likeness (QED) is 0.917. The molecule has 3 nitrogen and oxygen atoms in total. The zero-order chi connectivity index (χ0) is 12.4. The molecule has 0 bridgehead atoms. The van der Waals surface area contributed by atoms with E-state index in [1.807, 2.05) is 24.3 Å². The Labute approximate surface area is 115 Å².